The van der Waals surface area contributed by atoms with Gasteiger partial charge in [-0.2, -0.15) is 0 Å². The smallest absolute Gasteiger partial charge is 0.265 e. The standard InChI is InChI=1S/C14H15ClN2O3S/c1-10-8-11(9-16-14(10)15)21(18,19)17(2)12-6-4-5-7-13(12)20-3/h4-9H,1-3H3. The maximum atomic E-state index is 12.7. The van der Waals surface area contributed by atoms with Gasteiger partial charge in [0, 0.05) is 13.2 Å². The van der Waals surface area contributed by atoms with Crippen molar-refractivity contribution < 1.29 is 13.2 Å². The number of methoxy groups -OCH3 is 1. The lowest BCUT2D eigenvalue weighted by atomic mass is 10.3. The molecule has 5 nitrogen and oxygen atoms in total. The topological polar surface area (TPSA) is 59.5 Å². The van der Waals surface area contributed by atoms with Crippen molar-refractivity contribution in [2.24, 2.45) is 0 Å². The van der Waals surface area contributed by atoms with Crippen molar-refractivity contribution in [3.63, 3.8) is 0 Å². The normalized spacial score (nSPS) is 11.2. The van der Waals surface area contributed by atoms with Crippen LogP contribution in [0.3, 0.4) is 0 Å². The van der Waals surface area contributed by atoms with Crippen molar-refractivity contribution in [1.29, 1.82) is 0 Å². The minimum atomic E-state index is -3.73. The summed E-state index contributed by atoms with van der Waals surface area (Å²) in [6.45, 7) is 1.71. The summed E-state index contributed by atoms with van der Waals surface area (Å²) < 4.78 is 31.7. The van der Waals surface area contributed by atoms with Crippen molar-refractivity contribution >= 4 is 27.3 Å². The van der Waals surface area contributed by atoms with E-state index in [1.165, 1.54) is 26.4 Å². The number of aromatic nitrogens is 1. The second-order valence-electron chi connectivity index (χ2n) is 4.42. The molecule has 112 valence electrons. The lowest BCUT2D eigenvalue weighted by Crippen LogP contribution is -2.27. The number of halogens is 1. The molecule has 2 aromatic rings. The molecule has 0 aliphatic carbocycles. The number of ether oxygens (including phenoxy) is 1. The minimum absolute atomic E-state index is 0.0813. The van der Waals surface area contributed by atoms with Crippen LogP contribution in [0.15, 0.2) is 41.4 Å². The number of hydrogen-bond acceptors (Lipinski definition) is 4. The number of para-hydroxylation sites is 2. The molecule has 0 radical (unpaired) electrons. The van der Waals surface area contributed by atoms with E-state index in [-0.39, 0.29) is 10.0 Å². The van der Waals surface area contributed by atoms with Crippen LogP contribution in [0.25, 0.3) is 0 Å². The maximum absolute atomic E-state index is 12.7. The summed E-state index contributed by atoms with van der Waals surface area (Å²) in [6, 6.07) is 8.39. The quantitative estimate of drug-likeness (QED) is 0.811. The highest BCUT2D eigenvalue weighted by Crippen LogP contribution is 2.31. The first-order valence-corrected chi connectivity index (χ1v) is 7.94. The summed E-state index contributed by atoms with van der Waals surface area (Å²) in [4.78, 5) is 3.97. The van der Waals surface area contributed by atoms with Gasteiger partial charge in [0.05, 0.1) is 12.8 Å². The van der Waals surface area contributed by atoms with Gasteiger partial charge in [0.25, 0.3) is 10.0 Å². The molecule has 0 aliphatic rings. The average Bonchev–Trinajstić information content (AvgIpc) is 2.49. The molecule has 0 amide bonds. The predicted molar refractivity (Wildman–Crippen MR) is 82.6 cm³/mol. The van der Waals surface area contributed by atoms with Crippen LogP contribution in [0.5, 0.6) is 5.75 Å². The van der Waals surface area contributed by atoms with Crippen LogP contribution in [0.1, 0.15) is 5.56 Å². The fourth-order valence-electron chi connectivity index (χ4n) is 1.85. The highest BCUT2D eigenvalue weighted by molar-refractivity contribution is 7.92. The fourth-order valence-corrected chi connectivity index (χ4v) is 3.19. The number of hydrogen-bond donors (Lipinski definition) is 0. The molecular weight excluding hydrogens is 312 g/mol. The summed E-state index contributed by atoms with van der Waals surface area (Å²) in [6.07, 6.45) is 1.25. The molecule has 0 fully saturated rings. The summed E-state index contributed by atoms with van der Waals surface area (Å²) in [7, 11) is -0.769. The SMILES string of the molecule is COc1ccccc1N(C)S(=O)(=O)c1cnc(Cl)c(C)c1. The molecule has 0 saturated heterocycles. The first kappa shape index (κ1) is 15.6. The van der Waals surface area contributed by atoms with Gasteiger partial charge in [-0.15, -0.1) is 0 Å². The summed E-state index contributed by atoms with van der Waals surface area (Å²) in [5, 5.41) is 0.286. The van der Waals surface area contributed by atoms with E-state index in [0.717, 1.165) is 4.31 Å². The molecule has 0 N–H and O–H groups in total. The van der Waals surface area contributed by atoms with Crippen LogP contribution in [0.2, 0.25) is 5.15 Å². The lowest BCUT2D eigenvalue weighted by Gasteiger charge is -2.21. The van der Waals surface area contributed by atoms with E-state index in [4.69, 9.17) is 16.3 Å². The van der Waals surface area contributed by atoms with Gasteiger partial charge in [-0.25, -0.2) is 13.4 Å². The summed E-state index contributed by atoms with van der Waals surface area (Å²) >= 11 is 5.84. The average molecular weight is 327 g/mol. The second-order valence-corrected chi connectivity index (χ2v) is 6.75. The lowest BCUT2D eigenvalue weighted by molar-refractivity contribution is 0.416. The van der Waals surface area contributed by atoms with E-state index >= 15 is 0 Å². The Balaban J connectivity index is 2.50. The van der Waals surface area contributed by atoms with E-state index in [9.17, 15) is 8.42 Å². The van der Waals surface area contributed by atoms with E-state index in [1.54, 1.807) is 31.2 Å². The maximum Gasteiger partial charge on any atom is 0.265 e. The van der Waals surface area contributed by atoms with E-state index in [1.807, 2.05) is 0 Å². The van der Waals surface area contributed by atoms with Crippen LogP contribution in [0.4, 0.5) is 5.69 Å². The first-order valence-electron chi connectivity index (χ1n) is 6.12. The van der Waals surface area contributed by atoms with Gasteiger partial charge in [-0.05, 0) is 30.7 Å². The largest absolute Gasteiger partial charge is 0.495 e. The van der Waals surface area contributed by atoms with Gasteiger partial charge in [0.15, 0.2) is 0 Å². The van der Waals surface area contributed by atoms with E-state index in [0.29, 0.717) is 17.0 Å². The molecule has 0 aliphatic heterocycles. The molecule has 0 saturated carbocycles. The summed E-state index contributed by atoms with van der Waals surface area (Å²) in [5.41, 5.74) is 1.05. The van der Waals surface area contributed by atoms with Gasteiger partial charge in [-0.1, -0.05) is 23.7 Å². The number of pyridine rings is 1. The molecule has 2 rings (SSSR count). The van der Waals surface area contributed by atoms with Crippen LogP contribution in [-0.2, 0) is 10.0 Å². The third-order valence-corrected chi connectivity index (χ3v) is 5.20. The molecule has 0 unspecified atom stereocenters. The van der Waals surface area contributed by atoms with Crippen molar-refractivity contribution in [1.82, 2.24) is 4.98 Å². The molecule has 1 heterocycles. The Morgan fingerprint density at radius 2 is 1.95 bits per heavy atom. The number of aryl methyl sites for hydroxylation is 1. The highest BCUT2D eigenvalue weighted by atomic mass is 35.5. The van der Waals surface area contributed by atoms with Crippen LogP contribution in [-0.4, -0.2) is 27.6 Å². The van der Waals surface area contributed by atoms with Crippen LogP contribution < -0.4 is 9.04 Å². The van der Waals surface area contributed by atoms with Crippen molar-refractivity contribution in [3.05, 3.63) is 47.2 Å². The van der Waals surface area contributed by atoms with Gasteiger partial charge < -0.3 is 4.74 Å². The molecule has 0 bridgehead atoms. The van der Waals surface area contributed by atoms with E-state index in [2.05, 4.69) is 4.98 Å². The number of rotatable bonds is 4. The third kappa shape index (κ3) is 2.96. The number of nitrogens with zero attached hydrogens (tertiary/aromatic N) is 2. The van der Waals surface area contributed by atoms with Crippen LogP contribution >= 0.6 is 11.6 Å². The zero-order valence-corrected chi connectivity index (χ0v) is 13.4. The molecule has 7 heteroatoms. The van der Waals surface area contributed by atoms with Crippen molar-refractivity contribution in [2.75, 3.05) is 18.5 Å². The fraction of sp³-hybridized carbons (Fsp3) is 0.214. The number of benzene rings is 1. The van der Waals surface area contributed by atoms with Gasteiger partial charge in [0.1, 0.15) is 15.8 Å². The molecule has 0 spiro atoms. The van der Waals surface area contributed by atoms with Gasteiger partial charge in [-0.3, -0.25) is 4.31 Å². The van der Waals surface area contributed by atoms with E-state index < -0.39 is 10.0 Å². The van der Waals surface area contributed by atoms with Crippen molar-refractivity contribution in [2.45, 2.75) is 11.8 Å². The zero-order valence-electron chi connectivity index (χ0n) is 11.9. The highest BCUT2D eigenvalue weighted by Gasteiger charge is 2.24. The Kier molecular flexibility index (Phi) is 4.39. The monoisotopic (exact) mass is 326 g/mol. The Labute approximate surface area is 129 Å². The molecular formula is C14H15ClN2O3S. The van der Waals surface area contributed by atoms with Gasteiger partial charge in [0.2, 0.25) is 0 Å². The Bertz CT molecular complexity index is 763. The molecule has 0 atom stereocenters. The Morgan fingerprint density at radius 3 is 2.57 bits per heavy atom. The van der Waals surface area contributed by atoms with Gasteiger partial charge >= 0.3 is 0 Å². The zero-order chi connectivity index (χ0) is 15.6. The first-order chi connectivity index (χ1) is 9.87. The second kappa shape index (κ2) is 5.91. The summed E-state index contributed by atoms with van der Waals surface area (Å²) in [5.74, 6) is 0.474. The van der Waals surface area contributed by atoms with Crippen LogP contribution in [0, 0.1) is 6.92 Å². The molecule has 21 heavy (non-hydrogen) atoms. The Morgan fingerprint density at radius 1 is 1.29 bits per heavy atom. The Hall–Kier alpha value is -1.79. The number of sulfonamides is 1. The molecule has 1 aromatic heterocycles. The van der Waals surface area contributed by atoms with Crippen molar-refractivity contribution in [3.8, 4) is 5.75 Å². The number of anilines is 1. The predicted octanol–water partition coefficient (Wildman–Crippen LogP) is 2.88. The third-order valence-electron chi connectivity index (χ3n) is 3.07. The molecule has 1 aromatic carbocycles. The minimum Gasteiger partial charge on any atom is -0.495 e.